The number of rotatable bonds is 6. The summed E-state index contributed by atoms with van der Waals surface area (Å²) in [7, 11) is 0. The Morgan fingerprint density at radius 1 is 0.815 bits per heavy atom. The van der Waals surface area contributed by atoms with Crippen molar-refractivity contribution in [3.63, 3.8) is 0 Å². The summed E-state index contributed by atoms with van der Waals surface area (Å²) >= 11 is 0. The van der Waals surface area contributed by atoms with Crippen LogP contribution in [0.1, 0.15) is 11.1 Å². The van der Waals surface area contributed by atoms with Crippen LogP contribution in [0.25, 0.3) is 0 Å². The Balaban J connectivity index is 1.77. The first kappa shape index (κ1) is 18.5. The van der Waals surface area contributed by atoms with Gasteiger partial charge >= 0.3 is 6.36 Å². The Bertz CT molecular complexity index is 863. The number of hydrogen-bond acceptors (Lipinski definition) is 3. The number of hydrogen-bond donors (Lipinski definition) is 0. The fraction of sp³-hybridized carbons (Fsp3) is 0.0952. The topological polar surface area (TPSA) is 24.8 Å². The van der Waals surface area contributed by atoms with Crippen LogP contribution in [0.15, 0.2) is 90.0 Å². The van der Waals surface area contributed by atoms with Crippen LogP contribution in [0.5, 0.6) is 5.75 Å². The zero-order valence-corrected chi connectivity index (χ0v) is 14.3. The van der Waals surface area contributed by atoms with Crippen LogP contribution >= 0.6 is 0 Å². The molecular formula is C21H17F3N2O. The first-order chi connectivity index (χ1) is 13.0. The molecule has 3 aromatic rings. The molecule has 27 heavy (non-hydrogen) atoms. The van der Waals surface area contributed by atoms with E-state index in [0.29, 0.717) is 12.1 Å². The maximum Gasteiger partial charge on any atom is 0.573 e. The predicted octanol–water partition coefficient (Wildman–Crippen LogP) is 5.63. The van der Waals surface area contributed by atoms with Crippen molar-refractivity contribution < 1.29 is 17.9 Å². The highest BCUT2D eigenvalue weighted by molar-refractivity contribution is 5.80. The van der Waals surface area contributed by atoms with E-state index in [1.54, 1.807) is 6.21 Å². The predicted molar refractivity (Wildman–Crippen MR) is 99.8 cm³/mol. The van der Waals surface area contributed by atoms with Gasteiger partial charge in [0.15, 0.2) is 0 Å². The van der Waals surface area contributed by atoms with E-state index in [1.165, 1.54) is 24.3 Å². The van der Waals surface area contributed by atoms with Crippen molar-refractivity contribution in [1.29, 1.82) is 0 Å². The molecule has 0 bridgehead atoms. The number of benzene rings is 3. The molecule has 3 nitrogen and oxygen atoms in total. The molecule has 0 aliphatic heterocycles. The van der Waals surface area contributed by atoms with E-state index < -0.39 is 6.36 Å². The lowest BCUT2D eigenvalue weighted by atomic mass is 10.2. The van der Waals surface area contributed by atoms with E-state index in [9.17, 15) is 13.2 Å². The average molecular weight is 370 g/mol. The standard InChI is InChI=1S/C21H17F3N2O/c22-21(23,24)27-20-13-11-17(12-14-20)15-25-26(19-9-5-2-6-10-19)16-18-7-3-1-4-8-18/h1-15H,16H2. The molecule has 0 N–H and O–H groups in total. The Morgan fingerprint density at radius 2 is 1.41 bits per heavy atom. The maximum atomic E-state index is 12.2. The minimum atomic E-state index is -4.70. The van der Waals surface area contributed by atoms with E-state index in [2.05, 4.69) is 9.84 Å². The van der Waals surface area contributed by atoms with Gasteiger partial charge in [-0.1, -0.05) is 48.5 Å². The van der Waals surface area contributed by atoms with Gasteiger partial charge in [0.05, 0.1) is 18.4 Å². The van der Waals surface area contributed by atoms with Crippen molar-refractivity contribution in [1.82, 2.24) is 0 Å². The summed E-state index contributed by atoms with van der Waals surface area (Å²) in [5, 5.41) is 6.34. The molecule has 3 aromatic carbocycles. The van der Waals surface area contributed by atoms with Gasteiger partial charge in [0.2, 0.25) is 0 Å². The largest absolute Gasteiger partial charge is 0.573 e. The van der Waals surface area contributed by atoms with Gasteiger partial charge in [-0.05, 0) is 47.5 Å². The Kier molecular flexibility index (Phi) is 5.76. The molecule has 0 saturated heterocycles. The van der Waals surface area contributed by atoms with Crippen molar-refractivity contribution >= 4 is 11.9 Å². The number of hydrazone groups is 1. The highest BCUT2D eigenvalue weighted by Gasteiger charge is 2.30. The van der Waals surface area contributed by atoms with Crippen molar-refractivity contribution in [2.75, 3.05) is 5.01 Å². The minimum absolute atomic E-state index is 0.260. The summed E-state index contributed by atoms with van der Waals surface area (Å²) in [4.78, 5) is 0. The van der Waals surface area contributed by atoms with Gasteiger partial charge in [-0.3, -0.25) is 5.01 Å². The average Bonchev–Trinajstić information content (AvgIpc) is 2.66. The van der Waals surface area contributed by atoms with Gasteiger partial charge in [-0.2, -0.15) is 5.10 Å². The van der Waals surface area contributed by atoms with E-state index in [4.69, 9.17) is 0 Å². The number of para-hydroxylation sites is 1. The van der Waals surface area contributed by atoms with Gasteiger partial charge in [0, 0.05) is 0 Å². The first-order valence-electron chi connectivity index (χ1n) is 8.26. The third-order valence-corrected chi connectivity index (χ3v) is 3.69. The SMILES string of the molecule is FC(F)(F)Oc1ccc(C=NN(Cc2ccccc2)c2ccccc2)cc1. The van der Waals surface area contributed by atoms with E-state index >= 15 is 0 Å². The van der Waals surface area contributed by atoms with E-state index in [1.807, 2.05) is 65.7 Å². The molecular weight excluding hydrogens is 353 g/mol. The van der Waals surface area contributed by atoms with Crippen LogP contribution in [-0.4, -0.2) is 12.6 Å². The van der Waals surface area contributed by atoms with Crippen LogP contribution < -0.4 is 9.75 Å². The Morgan fingerprint density at radius 3 is 2.00 bits per heavy atom. The molecule has 0 radical (unpaired) electrons. The first-order valence-corrected chi connectivity index (χ1v) is 8.26. The molecule has 0 saturated carbocycles. The molecule has 0 aliphatic rings. The highest BCUT2D eigenvalue weighted by atomic mass is 19.4. The van der Waals surface area contributed by atoms with Gasteiger partial charge < -0.3 is 4.74 Å². The number of ether oxygens (including phenoxy) is 1. The Labute approximate surface area is 155 Å². The van der Waals surface area contributed by atoms with Gasteiger partial charge in [-0.25, -0.2) is 0 Å². The van der Waals surface area contributed by atoms with Crippen LogP contribution in [-0.2, 0) is 6.54 Å². The normalized spacial score (nSPS) is 11.5. The fourth-order valence-electron chi connectivity index (χ4n) is 2.45. The number of nitrogens with zero attached hydrogens (tertiary/aromatic N) is 2. The summed E-state index contributed by atoms with van der Waals surface area (Å²) in [5.41, 5.74) is 2.67. The molecule has 3 rings (SSSR count). The van der Waals surface area contributed by atoms with Crippen molar-refractivity contribution in [3.8, 4) is 5.75 Å². The zero-order valence-electron chi connectivity index (χ0n) is 14.3. The van der Waals surface area contributed by atoms with Gasteiger partial charge in [0.1, 0.15) is 5.75 Å². The van der Waals surface area contributed by atoms with E-state index in [-0.39, 0.29) is 5.75 Å². The Hall–Kier alpha value is -3.28. The van der Waals surface area contributed by atoms with Gasteiger partial charge in [0.25, 0.3) is 0 Å². The van der Waals surface area contributed by atoms with Crippen LogP contribution in [0.4, 0.5) is 18.9 Å². The molecule has 0 amide bonds. The molecule has 0 spiro atoms. The lowest BCUT2D eigenvalue weighted by molar-refractivity contribution is -0.274. The van der Waals surface area contributed by atoms with Crippen LogP contribution in [0.3, 0.4) is 0 Å². The maximum absolute atomic E-state index is 12.2. The van der Waals surface area contributed by atoms with Crippen molar-refractivity contribution in [3.05, 3.63) is 96.1 Å². The molecule has 138 valence electrons. The van der Waals surface area contributed by atoms with E-state index in [0.717, 1.165) is 11.3 Å². The molecule has 0 atom stereocenters. The molecule has 0 heterocycles. The third kappa shape index (κ3) is 5.88. The van der Waals surface area contributed by atoms with Gasteiger partial charge in [-0.15, -0.1) is 13.2 Å². The lowest BCUT2D eigenvalue weighted by Crippen LogP contribution is -2.17. The number of halogens is 3. The molecule has 0 unspecified atom stereocenters. The summed E-state index contributed by atoms with van der Waals surface area (Å²) in [5.74, 6) is -0.260. The molecule has 6 heteroatoms. The highest BCUT2D eigenvalue weighted by Crippen LogP contribution is 2.23. The van der Waals surface area contributed by atoms with Crippen molar-refractivity contribution in [2.24, 2.45) is 5.10 Å². The summed E-state index contributed by atoms with van der Waals surface area (Å²) in [6, 6.07) is 25.1. The summed E-state index contributed by atoms with van der Waals surface area (Å²) < 4.78 is 40.6. The smallest absolute Gasteiger partial charge is 0.406 e. The van der Waals surface area contributed by atoms with Crippen molar-refractivity contribution in [2.45, 2.75) is 12.9 Å². The van der Waals surface area contributed by atoms with Crippen LogP contribution in [0, 0.1) is 0 Å². The fourth-order valence-corrected chi connectivity index (χ4v) is 2.45. The second-order valence-electron chi connectivity index (χ2n) is 5.74. The molecule has 0 aromatic heterocycles. The number of alkyl halides is 3. The monoisotopic (exact) mass is 370 g/mol. The minimum Gasteiger partial charge on any atom is -0.406 e. The zero-order chi connectivity index (χ0) is 19.1. The third-order valence-electron chi connectivity index (χ3n) is 3.69. The summed E-state index contributed by atoms with van der Waals surface area (Å²) in [6.07, 6.45) is -3.09. The quantitative estimate of drug-likeness (QED) is 0.415. The molecule has 0 fully saturated rings. The van der Waals surface area contributed by atoms with Crippen LogP contribution in [0.2, 0.25) is 0 Å². The lowest BCUT2D eigenvalue weighted by Gasteiger charge is -2.19. The number of anilines is 1. The summed E-state index contributed by atoms with van der Waals surface area (Å²) in [6.45, 7) is 0.566. The second kappa shape index (κ2) is 8.40. The molecule has 0 aliphatic carbocycles. The second-order valence-corrected chi connectivity index (χ2v) is 5.74.